The Labute approximate surface area is 139 Å². The Hall–Kier alpha value is -3.08. The van der Waals surface area contributed by atoms with Crippen molar-refractivity contribution < 1.29 is 9.53 Å². The van der Waals surface area contributed by atoms with Gasteiger partial charge in [0.1, 0.15) is 5.75 Å². The molecule has 5 heteroatoms. The molecule has 0 saturated carbocycles. The van der Waals surface area contributed by atoms with E-state index in [1.165, 1.54) is 0 Å². The van der Waals surface area contributed by atoms with Crippen molar-refractivity contribution in [3.63, 3.8) is 0 Å². The number of para-hydroxylation sites is 1. The van der Waals surface area contributed by atoms with Crippen LogP contribution in [0.15, 0.2) is 59.4 Å². The molecule has 2 N–H and O–H groups in total. The van der Waals surface area contributed by atoms with Crippen LogP contribution in [-0.2, 0) is 6.42 Å². The average Bonchev–Trinajstić information content (AvgIpc) is 2.57. The number of H-pyrrole nitrogens is 1. The van der Waals surface area contributed by atoms with Gasteiger partial charge in [0.2, 0.25) is 0 Å². The van der Waals surface area contributed by atoms with Crippen LogP contribution in [0.2, 0.25) is 0 Å². The summed E-state index contributed by atoms with van der Waals surface area (Å²) >= 11 is 0. The van der Waals surface area contributed by atoms with Crippen molar-refractivity contribution in [3.05, 3.63) is 76.1 Å². The summed E-state index contributed by atoms with van der Waals surface area (Å²) in [5, 5.41) is 3.71. The van der Waals surface area contributed by atoms with Crippen molar-refractivity contribution in [1.82, 2.24) is 10.3 Å². The quantitative estimate of drug-likeness (QED) is 0.775. The van der Waals surface area contributed by atoms with Gasteiger partial charge in [-0.3, -0.25) is 4.79 Å². The van der Waals surface area contributed by atoms with Gasteiger partial charge < -0.3 is 15.0 Å². The molecule has 24 heavy (non-hydrogen) atoms. The zero-order valence-electron chi connectivity index (χ0n) is 13.3. The van der Waals surface area contributed by atoms with Gasteiger partial charge in [0.15, 0.2) is 0 Å². The van der Waals surface area contributed by atoms with Crippen LogP contribution in [0.5, 0.6) is 5.75 Å². The normalized spacial score (nSPS) is 10.5. The van der Waals surface area contributed by atoms with E-state index in [4.69, 9.17) is 4.74 Å². The number of amides is 1. The van der Waals surface area contributed by atoms with E-state index in [0.29, 0.717) is 24.3 Å². The second kappa shape index (κ2) is 7.00. The number of aryl methyl sites for hydroxylation is 1. The second-order valence-electron chi connectivity index (χ2n) is 5.58. The van der Waals surface area contributed by atoms with E-state index in [1.807, 2.05) is 42.5 Å². The van der Waals surface area contributed by atoms with Gasteiger partial charge in [0, 0.05) is 17.6 Å². The number of nitrogens with one attached hydrogen (secondary N) is 2. The van der Waals surface area contributed by atoms with Crippen LogP contribution in [0.25, 0.3) is 10.9 Å². The monoisotopic (exact) mass is 322 g/mol. The summed E-state index contributed by atoms with van der Waals surface area (Å²) in [6.07, 6.45) is 0.208. The first-order valence-corrected chi connectivity index (χ1v) is 7.75. The molecule has 3 aromatic rings. The van der Waals surface area contributed by atoms with E-state index < -0.39 is 6.09 Å². The third-order valence-corrected chi connectivity index (χ3v) is 3.73. The van der Waals surface area contributed by atoms with E-state index >= 15 is 0 Å². The number of ether oxygens (including phenoxy) is 1. The van der Waals surface area contributed by atoms with Gasteiger partial charge in [0.25, 0.3) is 5.56 Å². The fourth-order valence-corrected chi connectivity index (χ4v) is 2.46. The van der Waals surface area contributed by atoms with Crippen LogP contribution < -0.4 is 15.6 Å². The van der Waals surface area contributed by atoms with E-state index in [-0.39, 0.29) is 5.56 Å². The second-order valence-corrected chi connectivity index (χ2v) is 5.58. The maximum Gasteiger partial charge on any atom is 0.412 e. The number of pyridine rings is 1. The van der Waals surface area contributed by atoms with Gasteiger partial charge in [-0.1, -0.05) is 24.3 Å². The molecule has 0 saturated heterocycles. The molecule has 1 heterocycles. The summed E-state index contributed by atoms with van der Waals surface area (Å²) in [6, 6.07) is 16.6. The summed E-state index contributed by atoms with van der Waals surface area (Å²) in [5.74, 6) is 0.514. The number of carbonyl (C=O) groups is 1. The lowest BCUT2D eigenvalue weighted by Gasteiger charge is -2.07. The molecule has 1 aromatic heterocycles. The first-order valence-electron chi connectivity index (χ1n) is 7.75. The minimum atomic E-state index is -0.470. The summed E-state index contributed by atoms with van der Waals surface area (Å²) in [5.41, 5.74) is 2.50. The standard InChI is InChI=1S/C19H18N2O3/c1-13-11-15-12-14(7-8-17(15)21-18(13)22)9-10-20-19(23)24-16-5-3-2-4-6-16/h2-8,11-12H,9-10H2,1H3,(H,20,23)(H,21,22). The molecule has 2 aromatic carbocycles. The topological polar surface area (TPSA) is 71.2 Å². The Kier molecular flexibility index (Phi) is 4.61. The third kappa shape index (κ3) is 3.81. The molecule has 5 nitrogen and oxygen atoms in total. The smallest absolute Gasteiger partial charge is 0.410 e. The highest BCUT2D eigenvalue weighted by atomic mass is 16.5. The number of fused-ring (bicyclic) bond motifs is 1. The minimum absolute atomic E-state index is 0.0689. The number of carbonyl (C=O) groups excluding carboxylic acids is 1. The molecule has 0 spiro atoms. The van der Waals surface area contributed by atoms with Crippen LogP contribution in [0.3, 0.4) is 0 Å². The lowest BCUT2D eigenvalue weighted by atomic mass is 10.1. The Bertz CT molecular complexity index is 917. The van der Waals surface area contributed by atoms with Gasteiger partial charge in [-0.25, -0.2) is 4.79 Å². The average molecular weight is 322 g/mol. The fourth-order valence-electron chi connectivity index (χ4n) is 2.46. The predicted molar refractivity (Wildman–Crippen MR) is 93.5 cm³/mol. The molecule has 0 aliphatic heterocycles. The summed E-state index contributed by atoms with van der Waals surface area (Å²) in [7, 11) is 0. The summed E-state index contributed by atoms with van der Waals surface area (Å²) < 4.78 is 5.16. The molecule has 3 rings (SSSR count). The van der Waals surface area contributed by atoms with E-state index in [1.54, 1.807) is 19.1 Å². The first-order chi connectivity index (χ1) is 11.6. The van der Waals surface area contributed by atoms with Crippen molar-refractivity contribution in [2.45, 2.75) is 13.3 Å². The highest BCUT2D eigenvalue weighted by molar-refractivity contribution is 5.79. The molecule has 0 aliphatic carbocycles. The Morgan fingerprint density at radius 1 is 1.12 bits per heavy atom. The van der Waals surface area contributed by atoms with E-state index in [0.717, 1.165) is 16.5 Å². The van der Waals surface area contributed by atoms with Crippen LogP contribution in [0.4, 0.5) is 4.79 Å². The molecule has 122 valence electrons. The maximum absolute atomic E-state index is 11.7. The largest absolute Gasteiger partial charge is 0.412 e. The first kappa shape index (κ1) is 15.8. The van der Waals surface area contributed by atoms with Crippen LogP contribution in [0, 0.1) is 6.92 Å². The lowest BCUT2D eigenvalue weighted by molar-refractivity contribution is 0.200. The van der Waals surface area contributed by atoms with Crippen molar-refractivity contribution in [3.8, 4) is 5.75 Å². The van der Waals surface area contributed by atoms with E-state index in [9.17, 15) is 9.59 Å². The van der Waals surface area contributed by atoms with Gasteiger partial charge >= 0.3 is 6.09 Å². The van der Waals surface area contributed by atoms with Gasteiger partial charge in [-0.05, 0) is 54.6 Å². The van der Waals surface area contributed by atoms with Crippen LogP contribution in [0.1, 0.15) is 11.1 Å². The molecule has 0 fully saturated rings. The highest BCUT2D eigenvalue weighted by Crippen LogP contribution is 2.14. The molecule has 0 atom stereocenters. The van der Waals surface area contributed by atoms with Crippen molar-refractivity contribution in [2.24, 2.45) is 0 Å². The molecule has 0 unspecified atom stereocenters. The fraction of sp³-hybridized carbons (Fsp3) is 0.158. The molecular weight excluding hydrogens is 304 g/mol. The predicted octanol–water partition coefficient (Wildman–Crippen LogP) is 3.17. The molecule has 0 radical (unpaired) electrons. The van der Waals surface area contributed by atoms with Crippen LogP contribution in [-0.4, -0.2) is 17.6 Å². The highest BCUT2D eigenvalue weighted by Gasteiger charge is 2.04. The van der Waals surface area contributed by atoms with Crippen LogP contribution >= 0.6 is 0 Å². The van der Waals surface area contributed by atoms with E-state index in [2.05, 4.69) is 10.3 Å². The zero-order valence-corrected chi connectivity index (χ0v) is 13.3. The Morgan fingerprint density at radius 2 is 1.92 bits per heavy atom. The van der Waals surface area contributed by atoms with Crippen molar-refractivity contribution in [1.29, 1.82) is 0 Å². The molecule has 0 aliphatic rings. The van der Waals surface area contributed by atoms with Gasteiger partial charge in [-0.15, -0.1) is 0 Å². The Morgan fingerprint density at radius 3 is 2.71 bits per heavy atom. The number of aromatic amines is 1. The number of aromatic nitrogens is 1. The van der Waals surface area contributed by atoms with Crippen molar-refractivity contribution in [2.75, 3.05) is 6.54 Å². The number of rotatable bonds is 4. The number of hydrogen-bond acceptors (Lipinski definition) is 3. The SMILES string of the molecule is Cc1cc2cc(CCNC(=O)Oc3ccccc3)ccc2[nH]c1=O. The minimum Gasteiger partial charge on any atom is -0.410 e. The summed E-state index contributed by atoms with van der Waals surface area (Å²) in [6.45, 7) is 2.26. The molecule has 1 amide bonds. The number of hydrogen-bond donors (Lipinski definition) is 2. The third-order valence-electron chi connectivity index (χ3n) is 3.73. The Balaban J connectivity index is 1.58. The zero-order chi connectivity index (χ0) is 16.9. The van der Waals surface area contributed by atoms with Gasteiger partial charge in [0.05, 0.1) is 0 Å². The lowest BCUT2D eigenvalue weighted by Crippen LogP contribution is -2.28. The maximum atomic E-state index is 11.7. The van der Waals surface area contributed by atoms with Crippen molar-refractivity contribution >= 4 is 17.0 Å². The van der Waals surface area contributed by atoms with Gasteiger partial charge in [-0.2, -0.15) is 0 Å². The molecular formula is C19H18N2O3. The number of benzene rings is 2. The summed E-state index contributed by atoms with van der Waals surface area (Å²) in [4.78, 5) is 26.2. The molecule has 0 bridgehead atoms.